The van der Waals surface area contributed by atoms with Gasteiger partial charge in [0, 0.05) is 114 Å². The molecule has 0 spiro atoms. The summed E-state index contributed by atoms with van der Waals surface area (Å²) in [5.74, 6) is 3.56. The van der Waals surface area contributed by atoms with Crippen molar-refractivity contribution in [1.82, 2.24) is 48.2 Å². The third kappa shape index (κ3) is 10.2. The van der Waals surface area contributed by atoms with Crippen molar-refractivity contribution in [2.75, 3.05) is 0 Å². The normalized spacial score (nSPS) is 9.29. The van der Waals surface area contributed by atoms with E-state index in [1.54, 1.807) is 37.2 Å². The van der Waals surface area contributed by atoms with Crippen LogP contribution >= 0.6 is 15.9 Å². The van der Waals surface area contributed by atoms with E-state index in [-0.39, 0.29) is 57.0 Å². The molecule has 0 saturated carbocycles. The molecule has 0 atom stereocenters. The van der Waals surface area contributed by atoms with Gasteiger partial charge < -0.3 is 55.5 Å². The molecule has 0 fully saturated rings. The predicted molar refractivity (Wildman–Crippen MR) is 146 cm³/mol. The van der Waals surface area contributed by atoms with E-state index >= 15 is 0 Å². The summed E-state index contributed by atoms with van der Waals surface area (Å²) in [7, 11) is 7.82. The minimum atomic E-state index is 0. The number of aromatic nitrogens is 10. The van der Waals surface area contributed by atoms with Crippen LogP contribution in [0.25, 0.3) is 34.7 Å². The topological polar surface area (TPSA) is 97.1 Å². The molecule has 0 aliphatic heterocycles. The van der Waals surface area contributed by atoms with Crippen molar-refractivity contribution in [3.8, 4) is 34.7 Å². The van der Waals surface area contributed by atoms with E-state index in [0.717, 1.165) is 39.2 Å². The molecule has 6 aromatic rings. The summed E-state index contributed by atoms with van der Waals surface area (Å²) in [5.41, 5.74) is 1.78. The molecule has 0 aliphatic carbocycles. The quantitative estimate of drug-likeness (QED) is 0.179. The summed E-state index contributed by atoms with van der Waals surface area (Å²) in [6.45, 7) is 0. The molecule has 41 heavy (non-hydrogen) atoms. The first-order valence-electron chi connectivity index (χ1n) is 11.4. The van der Waals surface area contributed by atoms with Crippen molar-refractivity contribution in [2.45, 2.75) is 0 Å². The van der Waals surface area contributed by atoms with Gasteiger partial charge in [0.2, 0.25) is 0 Å². The van der Waals surface area contributed by atoms with Gasteiger partial charge in [0.1, 0.15) is 0 Å². The molecule has 6 rings (SSSR count). The molecule has 220 valence electrons. The molecule has 15 heteroatoms. The van der Waals surface area contributed by atoms with Gasteiger partial charge >= 0.3 is 0 Å². The van der Waals surface area contributed by atoms with Crippen LogP contribution in [-0.4, -0.2) is 48.2 Å². The third-order valence-electron chi connectivity index (χ3n) is 5.33. The Kier molecular flexibility index (Phi) is 17.2. The first-order chi connectivity index (χ1) is 17.9. The summed E-state index contributed by atoms with van der Waals surface area (Å²) in [4.78, 5) is 25.2. The van der Waals surface area contributed by atoms with Crippen molar-refractivity contribution < 1.29 is 57.0 Å². The van der Waals surface area contributed by atoms with Crippen LogP contribution < -0.4 is 37.2 Å². The number of halogens is 4. The number of pyridine rings is 2. The van der Waals surface area contributed by atoms with Crippen molar-refractivity contribution in [3.63, 3.8) is 0 Å². The molecule has 0 aliphatic rings. The molecule has 0 radical (unpaired) electrons. The number of hydrogen-bond donors (Lipinski definition) is 0. The van der Waals surface area contributed by atoms with Gasteiger partial charge in [-0.15, -0.1) is 0 Å². The maximum absolute atomic E-state index is 4.22. The summed E-state index contributed by atoms with van der Waals surface area (Å²) in [5, 5.41) is 0. The first-order valence-corrected chi connectivity index (χ1v) is 12.2. The van der Waals surface area contributed by atoms with E-state index in [1.165, 1.54) is 0 Å². The summed E-state index contributed by atoms with van der Waals surface area (Å²) in [6.07, 6.45) is 18.2. The summed E-state index contributed by atoms with van der Waals surface area (Å²) >= 11 is 3.39. The van der Waals surface area contributed by atoms with Crippen molar-refractivity contribution in [2.24, 2.45) is 28.2 Å². The number of rotatable bonds is 3. The van der Waals surface area contributed by atoms with Gasteiger partial charge in [-0.05, 0) is 24.3 Å². The zero-order chi connectivity index (χ0) is 26.2. The van der Waals surface area contributed by atoms with Crippen LogP contribution in [0, 0.1) is 0 Å². The van der Waals surface area contributed by atoms with Gasteiger partial charge in [-0.2, -0.15) is 0 Å². The van der Waals surface area contributed by atoms with Crippen LogP contribution in [0.15, 0.2) is 96.8 Å². The Balaban J connectivity index is 0.000000559. The van der Waals surface area contributed by atoms with Crippen LogP contribution in [0.4, 0.5) is 0 Å². The molecular weight excluding hydrogens is 829 g/mol. The van der Waals surface area contributed by atoms with Gasteiger partial charge in [0.05, 0.1) is 11.4 Å². The van der Waals surface area contributed by atoms with Crippen molar-refractivity contribution >= 4 is 15.9 Å². The van der Waals surface area contributed by atoms with Crippen molar-refractivity contribution in [3.05, 3.63) is 96.8 Å². The van der Waals surface area contributed by atoms with E-state index < -0.39 is 0 Å². The van der Waals surface area contributed by atoms with Gasteiger partial charge in [0.15, 0.2) is 23.3 Å². The molecule has 6 aromatic heterocycles. The molecule has 0 unspecified atom stereocenters. The van der Waals surface area contributed by atoms with E-state index in [0.29, 0.717) is 0 Å². The average molecular weight is 856 g/mol. The fourth-order valence-electron chi connectivity index (χ4n) is 3.38. The Hall–Kier alpha value is -2.87. The zero-order valence-electron chi connectivity index (χ0n) is 22.5. The van der Waals surface area contributed by atoms with E-state index in [9.17, 15) is 0 Å². The maximum atomic E-state index is 4.22. The number of hydrogen-bond acceptors (Lipinski definition) is 6. The minimum Gasteiger partial charge on any atom is -1.00 e. The Morgan fingerprint density at radius 1 is 0.488 bits per heavy atom. The van der Waals surface area contributed by atoms with Gasteiger partial charge in [-0.1, -0.05) is 22.0 Å². The molecular formula is C26H27BrCl3N10Os-3. The third-order valence-corrected chi connectivity index (χ3v) is 5.83. The van der Waals surface area contributed by atoms with Gasteiger partial charge in [-0.3, -0.25) is 9.97 Å². The Morgan fingerprint density at radius 2 is 0.878 bits per heavy atom. The van der Waals surface area contributed by atoms with E-state index in [1.807, 2.05) is 102 Å². The Labute approximate surface area is 279 Å². The molecule has 0 amide bonds. The van der Waals surface area contributed by atoms with Crippen LogP contribution in [-0.2, 0) is 48.0 Å². The molecule has 0 aromatic carbocycles. The Morgan fingerprint density at radius 3 is 1.17 bits per heavy atom. The fraction of sp³-hybridized carbons (Fsp3) is 0.154. The van der Waals surface area contributed by atoms with Crippen LogP contribution in [0.2, 0.25) is 0 Å². The summed E-state index contributed by atoms with van der Waals surface area (Å²) in [6, 6.07) is 9.62. The second-order valence-corrected chi connectivity index (χ2v) is 8.94. The van der Waals surface area contributed by atoms with Crippen LogP contribution in [0.3, 0.4) is 0 Å². The standard InChI is InChI=1S/C10H7BrN2.2C8H10N4.3ClH.Os/c11-8-4-6-13-10(7-8)9-3-1-2-5-12-9;2*1-11-5-3-9-7(11)8-10-4-6-12(8)2;;;;/h1-7H;2*3-6H,1-2H3;3*1H;/p-3. The number of imidazole rings is 4. The molecule has 0 saturated heterocycles. The molecule has 0 N–H and O–H groups in total. The smallest absolute Gasteiger partial charge is 0.176 e. The maximum Gasteiger partial charge on any atom is 0.176 e. The second-order valence-electron chi connectivity index (χ2n) is 8.02. The molecule has 0 bridgehead atoms. The van der Waals surface area contributed by atoms with Crippen LogP contribution in [0.1, 0.15) is 0 Å². The largest absolute Gasteiger partial charge is 1.00 e. The zero-order valence-corrected chi connectivity index (χ0v) is 28.9. The SMILES string of the molecule is Brc1ccnc(-c2ccccn2)c1.Cn1ccnc1-c1nccn1C.Cn1ccnc1-c1nccn1C.[Cl-].[Cl-].[Cl-].[Os]. The Bertz CT molecular complexity index is 1410. The van der Waals surface area contributed by atoms with E-state index in [4.69, 9.17) is 0 Å². The monoisotopic (exact) mass is 855 g/mol. The number of aryl methyl sites for hydroxylation is 4. The average Bonchev–Trinajstić information content (AvgIpc) is 3.70. The van der Waals surface area contributed by atoms with Gasteiger partial charge in [0.25, 0.3) is 0 Å². The minimum absolute atomic E-state index is 0. The van der Waals surface area contributed by atoms with Gasteiger partial charge in [-0.25, -0.2) is 19.9 Å². The van der Waals surface area contributed by atoms with Crippen molar-refractivity contribution in [1.29, 1.82) is 0 Å². The van der Waals surface area contributed by atoms with E-state index in [2.05, 4.69) is 45.8 Å². The summed E-state index contributed by atoms with van der Waals surface area (Å²) < 4.78 is 8.80. The molecule has 6 heterocycles. The number of nitrogens with zero attached hydrogens (tertiary/aromatic N) is 10. The fourth-order valence-corrected chi connectivity index (χ4v) is 3.72. The predicted octanol–water partition coefficient (Wildman–Crippen LogP) is -4.44. The first kappa shape index (κ1) is 38.1. The van der Waals surface area contributed by atoms with Crippen LogP contribution in [0.5, 0.6) is 0 Å². The second kappa shape index (κ2) is 18.5. The molecule has 10 nitrogen and oxygen atoms in total.